The van der Waals surface area contributed by atoms with Gasteiger partial charge in [0.2, 0.25) is 0 Å². The number of hydrogen-bond donors (Lipinski definition) is 8. The second-order valence-electron chi connectivity index (χ2n) is 14.2. The van der Waals surface area contributed by atoms with E-state index in [-0.39, 0.29) is 98.1 Å². The predicted molar refractivity (Wildman–Crippen MR) is 215 cm³/mol. The number of rotatable bonds is 30. The van der Waals surface area contributed by atoms with E-state index in [0.29, 0.717) is 51.6 Å². The lowest BCUT2D eigenvalue weighted by atomic mass is 9.92. The van der Waals surface area contributed by atoms with Crippen LogP contribution in [-0.2, 0) is 76.2 Å². The fraction of sp³-hybridized carbons (Fsp3) is 0.825. The molecular weight excluding hydrogens is 864 g/mol. The van der Waals surface area contributed by atoms with Gasteiger partial charge in [-0.25, -0.2) is 19.2 Å². The van der Waals surface area contributed by atoms with E-state index in [1.54, 1.807) is 0 Å². The first-order valence-corrected chi connectivity index (χ1v) is 20.9. The molecule has 0 unspecified atom stereocenters. The van der Waals surface area contributed by atoms with Crippen LogP contribution in [-0.4, -0.2) is 208 Å². The summed E-state index contributed by atoms with van der Waals surface area (Å²) in [5.41, 5.74) is -2.19. The van der Waals surface area contributed by atoms with Crippen molar-refractivity contribution < 1.29 is 117 Å². The molecule has 2 fully saturated rings. The molecule has 24 nitrogen and oxygen atoms in total. The lowest BCUT2D eigenvalue weighted by Gasteiger charge is -2.32. The van der Waals surface area contributed by atoms with Crippen LogP contribution in [0, 0.1) is 10.8 Å². The Labute approximate surface area is 371 Å². The molecule has 0 saturated carbocycles. The highest BCUT2D eigenvalue weighted by Gasteiger charge is 2.35. The molecule has 0 radical (unpaired) electrons. The number of ether oxygens (including phenoxy) is 9. The van der Waals surface area contributed by atoms with Crippen molar-refractivity contribution in [1.29, 1.82) is 0 Å². The summed E-state index contributed by atoms with van der Waals surface area (Å²) in [7, 11) is 0. The molecule has 2 heterocycles. The monoisotopic (exact) mass is 934 g/mol. The molecule has 2 rings (SSSR count). The highest BCUT2D eigenvalue weighted by Crippen LogP contribution is 2.22. The Morgan fingerprint density at radius 1 is 0.453 bits per heavy atom. The van der Waals surface area contributed by atoms with Crippen LogP contribution in [0.1, 0.15) is 77.0 Å². The molecule has 2 aliphatic rings. The largest absolute Gasteiger partial charge is 0.466 e. The number of cyclic esters (lactones) is 3. The molecule has 0 aliphatic carbocycles. The third-order valence-electron chi connectivity index (χ3n) is 8.53. The molecule has 8 N–H and O–H groups in total. The second-order valence-corrected chi connectivity index (χ2v) is 14.2. The maximum Gasteiger partial charge on any atom is 0.344 e. The van der Waals surface area contributed by atoms with Gasteiger partial charge in [-0.1, -0.05) is 0 Å². The minimum atomic E-state index is -1.11. The van der Waals surface area contributed by atoms with Crippen LogP contribution >= 0.6 is 0 Å². The summed E-state index contributed by atoms with van der Waals surface area (Å²) in [5, 5.41) is 69.4. The normalized spacial score (nSPS) is 13.7. The van der Waals surface area contributed by atoms with E-state index in [2.05, 4.69) is 9.47 Å². The molecule has 0 aromatic heterocycles. The van der Waals surface area contributed by atoms with Crippen molar-refractivity contribution in [3.8, 4) is 0 Å². The molecule has 0 atom stereocenters. The summed E-state index contributed by atoms with van der Waals surface area (Å²) in [6, 6.07) is 0. The van der Waals surface area contributed by atoms with Crippen molar-refractivity contribution in [1.82, 2.24) is 0 Å². The average Bonchev–Trinajstić information content (AvgIpc) is 3.56. The number of aliphatic hydroxyl groups is 8. The summed E-state index contributed by atoms with van der Waals surface area (Å²) in [4.78, 5) is 77.1. The maximum atomic E-state index is 12.3. The Kier molecular flexibility index (Phi) is 40.3. The zero-order valence-electron chi connectivity index (χ0n) is 36.5. The Hall–Kier alpha value is -4.11. The van der Waals surface area contributed by atoms with E-state index in [1.807, 2.05) is 0 Å². The highest BCUT2D eigenvalue weighted by molar-refractivity contribution is 5.82. The molecular formula is C40H70O24. The van der Waals surface area contributed by atoms with Gasteiger partial charge in [-0.3, -0.25) is 14.4 Å². The van der Waals surface area contributed by atoms with E-state index >= 15 is 0 Å². The number of carbonyl (C=O) groups is 7. The van der Waals surface area contributed by atoms with E-state index in [4.69, 9.17) is 74.0 Å². The quantitative estimate of drug-likeness (QED) is 0.0208. The summed E-state index contributed by atoms with van der Waals surface area (Å²) in [6.45, 7) is -3.50. The van der Waals surface area contributed by atoms with Gasteiger partial charge in [-0.05, 0) is 57.8 Å². The Morgan fingerprint density at radius 3 is 1.25 bits per heavy atom. The fourth-order valence-corrected chi connectivity index (χ4v) is 4.60. The topological polar surface area (TPSA) is 364 Å². The van der Waals surface area contributed by atoms with Crippen molar-refractivity contribution in [2.24, 2.45) is 10.8 Å². The van der Waals surface area contributed by atoms with Crippen molar-refractivity contribution in [2.45, 2.75) is 77.0 Å². The Bertz CT molecular complexity index is 1150. The minimum Gasteiger partial charge on any atom is -0.466 e. The SMILES string of the molecule is O=C(CO)OCCCCCC(=O)OCC(COCCO)(COCCO)COC(=O)CCCCCOC(=O)CO.O=C1CCCCCO1.O=C1COC(=O)CO1.OCC(CO)(CO)CO. The molecule has 2 saturated heterocycles. The summed E-state index contributed by atoms with van der Waals surface area (Å²) in [5.74, 6) is -3.40. The molecule has 2 aliphatic heterocycles. The molecule has 0 aromatic carbocycles. The maximum absolute atomic E-state index is 12.3. The predicted octanol–water partition coefficient (Wildman–Crippen LogP) is -2.60. The second kappa shape index (κ2) is 41.6. The Morgan fingerprint density at radius 2 is 0.891 bits per heavy atom. The van der Waals surface area contributed by atoms with Crippen molar-refractivity contribution in [3.05, 3.63) is 0 Å². The van der Waals surface area contributed by atoms with E-state index in [1.165, 1.54) is 0 Å². The van der Waals surface area contributed by atoms with Crippen LogP contribution in [0.2, 0.25) is 0 Å². The van der Waals surface area contributed by atoms with Crippen LogP contribution in [0.25, 0.3) is 0 Å². The van der Waals surface area contributed by atoms with E-state index in [0.717, 1.165) is 19.3 Å². The Balaban J connectivity index is 0. The molecule has 64 heavy (non-hydrogen) atoms. The molecule has 0 spiro atoms. The summed E-state index contributed by atoms with van der Waals surface area (Å²) in [6.07, 6.45) is 7.25. The molecule has 0 amide bonds. The van der Waals surface area contributed by atoms with Crippen LogP contribution in [0.5, 0.6) is 0 Å². The average molecular weight is 935 g/mol. The lowest BCUT2D eigenvalue weighted by Crippen LogP contribution is -2.43. The number of esters is 7. The van der Waals surface area contributed by atoms with Gasteiger partial charge in [0.1, 0.15) is 26.4 Å². The number of unbranched alkanes of at least 4 members (excludes halogenated alkanes) is 4. The van der Waals surface area contributed by atoms with E-state index < -0.39 is 86.3 Å². The first-order chi connectivity index (χ1) is 30.7. The molecule has 374 valence electrons. The van der Waals surface area contributed by atoms with Crippen LogP contribution in [0.3, 0.4) is 0 Å². The zero-order chi connectivity index (χ0) is 48.3. The van der Waals surface area contributed by atoms with Crippen molar-refractivity contribution >= 4 is 41.8 Å². The van der Waals surface area contributed by atoms with Crippen LogP contribution in [0.15, 0.2) is 0 Å². The lowest BCUT2D eigenvalue weighted by molar-refractivity contribution is -0.174. The first kappa shape index (κ1) is 62.0. The zero-order valence-corrected chi connectivity index (χ0v) is 36.5. The van der Waals surface area contributed by atoms with Gasteiger partial charge >= 0.3 is 41.8 Å². The van der Waals surface area contributed by atoms with Gasteiger partial charge < -0.3 is 83.5 Å². The van der Waals surface area contributed by atoms with Gasteiger partial charge in [0, 0.05) is 19.3 Å². The molecule has 0 aromatic rings. The first-order valence-electron chi connectivity index (χ1n) is 20.9. The van der Waals surface area contributed by atoms with Crippen LogP contribution < -0.4 is 0 Å². The number of hydrogen-bond acceptors (Lipinski definition) is 24. The number of aliphatic hydroxyl groups excluding tert-OH is 8. The third kappa shape index (κ3) is 35.3. The third-order valence-corrected chi connectivity index (χ3v) is 8.53. The van der Waals surface area contributed by atoms with Gasteiger partial charge in [-0.2, -0.15) is 0 Å². The molecule has 24 heteroatoms. The summed E-state index contributed by atoms with van der Waals surface area (Å²) >= 11 is 0. The number of carbonyl (C=O) groups excluding carboxylic acids is 7. The van der Waals surface area contributed by atoms with Gasteiger partial charge in [0.25, 0.3) is 0 Å². The van der Waals surface area contributed by atoms with Crippen molar-refractivity contribution in [3.63, 3.8) is 0 Å². The van der Waals surface area contributed by atoms with Crippen molar-refractivity contribution in [2.75, 3.05) is 126 Å². The van der Waals surface area contributed by atoms with Gasteiger partial charge in [0.05, 0.1) is 96.7 Å². The standard InChI is InChI=1S/C25H44O14.C6H10O2.C5H12O4.C4H4O4/c26-9-13-34-17-25(18-35-14-10-27,19-38-21(30)7-3-1-5-11-36-23(32)15-28)20-39-22(31)8-4-2-6-12-37-24(33)16-29;7-6-4-2-1-3-5-8-6;6-1-5(2-7,3-8)4-9;5-3-1-7-4(6)2-8-3/h26-29H,1-20H2;1-5H2;6-9H,1-4H2;1-2H2. The smallest absolute Gasteiger partial charge is 0.344 e. The van der Waals surface area contributed by atoms with Gasteiger partial charge in [0.15, 0.2) is 13.2 Å². The minimum absolute atomic E-state index is 0.00531. The summed E-state index contributed by atoms with van der Waals surface area (Å²) < 4.78 is 44.6. The molecule has 0 bridgehead atoms. The van der Waals surface area contributed by atoms with Gasteiger partial charge in [-0.15, -0.1) is 0 Å². The fourth-order valence-electron chi connectivity index (χ4n) is 4.60. The van der Waals surface area contributed by atoms with E-state index in [9.17, 15) is 33.6 Å². The highest BCUT2D eigenvalue weighted by atomic mass is 16.6. The van der Waals surface area contributed by atoms with Crippen LogP contribution in [0.4, 0.5) is 0 Å².